The lowest BCUT2D eigenvalue weighted by Crippen LogP contribution is -2.47. The third-order valence-electron chi connectivity index (χ3n) is 4.63. The Balaban J connectivity index is 3.63. The molecular weight excluding hydrogens is 332 g/mol. The van der Waals surface area contributed by atoms with E-state index in [9.17, 15) is 24.9 Å². The van der Waals surface area contributed by atoms with Gasteiger partial charge in [0.1, 0.15) is 17.1 Å². The fourth-order valence-corrected chi connectivity index (χ4v) is 2.64. The van der Waals surface area contributed by atoms with E-state index in [1.807, 2.05) is 13.8 Å². The molecule has 3 N–H and O–H groups in total. The minimum Gasteiger partial charge on any atom is -0.508 e. The highest BCUT2D eigenvalue weighted by atomic mass is 16.3. The molecule has 5 heteroatoms. The number of aliphatic hydroxyl groups is 3. The van der Waals surface area contributed by atoms with Crippen LogP contribution in [0.25, 0.3) is 0 Å². The van der Waals surface area contributed by atoms with Crippen LogP contribution in [0.5, 0.6) is 0 Å². The highest BCUT2D eigenvalue weighted by Gasteiger charge is 2.49. The first-order valence-electron chi connectivity index (χ1n) is 8.91. The summed E-state index contributed by atoms with van der Waals surface area (Å²) < 4.78 is 0. The van der Waals surface area contributed by atoms with E-state index in [1.165, 1.54) is 0 Å². The molecule has 2 atom stereocenters. The van der Waals surface area contributed by atoms with Gasteiger partial charge in [0.15, 0.2) is 11.4 Å². The van der Waals surface area contributed by atoms with Crippen molar-refractivity contribution >= 4 is 11.6 Å². The van der Waals surface area contributed by atoms with Gasteiger partial charge in [0.2, 0.25) is 5.78 Å². The number of carbonyl (C=O) groups is 2. The maximum atomic E-state index is 12.9. The molecule has 26 heavy (non-hydrogen) atoms. The molecule has 0 aromatic carbocycles. The van der Waals surface area contributed by atoms with Gasteiger partial charge in [-0.05, 0) is 40.5 Å². The molecule has 144 valence electrons. The highest BCUT2D eigenvalue weighted by Crippen LogP contribution is 2.38. The molecule has 0 heterocycles. The summed E-state index contributed by atoms with van der Waals surface area (Å²) in [5.41, 5.74) is -0.843. The first-order valence-corrected chi connectivity index (χ1v) is 8.91. The van der Waals surface area contributed by atoms with Crippen molar-refractivity contribution in [1.29, 1.82) is 0 Å². The summed E-state index contributed by atoms with van der Waals surface area (Å²) in [5, 5.41) is 32.1. The summed E-state index contributed by atoms with van der Waals surface area (Å²) in [6.45, 7) is 10.8. The highest BCUT2D eigenvalue weighted by molar-refractivity contribution is 6.25. The Labute approximate surface area is 155 Å². The summed E-state index contributed by atoms with van der Waals surface area (Å²) in [6, 6.07) is 0. The number of rotatable bonds is 7. The Hall–Kier alpha value is -2.14. The minimum atomic E-state index is -2.24. The van der Waals surface area contributed by atoms with Gasteiger partial charge in [-0.2, -0.15) is 0 Å². The SMILES string of the molecule is CCC(C)C(=O)C1=C(O)C(CC=C(C)C)=C(O)C(O)(CC=C(C)C)C1=O. The largest absolute Gasteiger partial charge is 0.508 e. The number of carbonyl (C=O) groups excluding carboxylic acids is 2. The third-order valence-corrected chi connectivity index (χ3v) is 4.63. The lowest BCUT2D eigenvalue weighted by Gasteiger charge is -2.32. The lowest BCUT2D eigenvalue weighted by atomic mass is 9.76. The van der Waals surface area contributed by atoms with Gasteiger partial charge in [0, 0.05) is 17.9 Å². The smallest absolute Gasteiger partial charge is 0.209 e. The molecule has 1 aliphatic rings. The number of hydrogen-bond acceptors (Lipinski definition) is 5. The standard InChI is InChI=1S/C21H30O5/c1-7-14(6)17(22)16-18(23)15(9-8-12(2)3)19(24)21(26,20(16)25)11-10-13(4)5/h8,10,14,23-24,26H,7,9,11H2,1-6H3. The molecule has 0 saturated carbocycles. The number of aliphatic hydroxyl groups excluding tert-OH is 2. The van der Waals surface area contributed by atoms with Crippen molar-refractivity contribution in [3.8, 4) is 0 Å². The van der Waals surface area contributed by atoms with E-state index in [4.69, 9.17) is 0 Å². The van der Waals surface area contributed by atoms with Crippen molar-refractivity contribution in [3.05, 3.63) is 46.0 Å². The second kappa shape index (κ2) is 8.49. The van der Waals surface area contributed by atoms with Gasteiger partial charge in [-0.3, -0.25) is 9.59 Å². The van der Waals surface area contributed by atoms with Crippen LogP contribution in [0.3, 0.4) is 0 Å². The van der Waals surface area contributed by atoms with Crippen LogP contribution in [0.1, 0.15) is 60.8 Å². The molecule has 0 fully saturated rings. The van der Waals surface area contributed by atoms with Gasteiger partial charge in [0.05, 0.1) is 0 Å². The van der Waals surface area contributed by atoms with E-state index in [0.717, 1.165) is 11.1 Å². The van der Waals surface area contributed by atoms with Crippen LogP contribution in [0.2, 0.25) is 0 Å². The van der Waals surface area contributed by atoms with Crippen LogP contribution >= 0.6 is 0 Å². The molecule has 0 aromatic heterocycles. The van der Waals surface area contributed by atoms with Crippen molar-refractivity contribution < 1.29 is 24.9 Å². The van der Waals surface area contributed by atoms with Crippen molar-refractivity contribution in [2.24, 2.45) is 5.92 Å². The average molecular weight is 362 g/mol. The third kappa shape index (κ3) is 4.33. The molecule has 2 unspecified atom stereocenters. The summed E-state index contributed by atoms with van der Waals surface area (Å²) >= 11 is 0. The molecule has 0 saturated heterocycles. The second-order valence-corrected chi connectivity index (χ2v) is 7.38. The topological polar surface area (TPSA) is 94.8 Å². The monoisotopic (exact) mass is 362 g/mol. The van der Waals surface area contributed by atoms with E-state index >= 15 is 0 Å². The van der Waals surface area contributed by atoms with E-state index in [2.05, 4.69) is 0 Å². The number of ketones is 2. The van der Waals surface area contributed by atoms with Crippen molar-refractivity contribution in [3.63, 3.8) is 0 Å². The molecule has 0 aliphatic heterocycles. The fourth-order valence-electron chi connectivity index (χ4n) is 2.64. The van der Waals surface area contributed by atoms with Crippen LogP contribution in [0.4, 0.5) is 0 Å². The molecule has 1 rings (SSSR count). The predicted octanol–water partition coefficient (Wildman–Crippen LogP) is 4.25. The Morgan fingerprint density at radius 2 is 1.65 bits per heavy atom. The van der Waals surface area contributed by atoms with E-state index in [-0.39, 0.29) is 18.4 Å². The molecule has 0 amide bonds. The zero-order valence-electron chi connectivity index (χ0n) is 16.5. The van der Waals surface area contributed by atoms with E-state index in [1.54, 1.807) is 39.8 Å². The van der Waals surface area contributed by atoms with Crippen molar-refractivity contribution in [2.45, 2.75) is 66.4 Å². The molecule has 0 aromatic rings. The summed E-state index contributed by atoms with van der Waals surface area (Å²) in [7, 11) is 0. The zero-order valence-corrected chi connectivity index (χ0v) is 16.5. The first-order chi connectivity index (χ1) is 12.0. The van der Waals surface area contributed by atoms with Crippen LogP contribution in [0, 0.1) is 5.92 Å². The van der Waals surface area contributed by atoms with Crippen molar-refractivity contribution in [1.82, 2.24) is 0 Å². The van der Waals surface area contributed by atoms with Gasteiger partial charge in [-0.15, -0.1) is 0 Å². The van der Waals surface area contributed by atoms with E-state index in [0.29, 0.717) is 6.42 Å². The normalized spacial score (nSPS) is 21.6. The average Bonchev–Trinajstić information content (AvgIpc) is 2.57. The number of Topliss-reactive ketones (excluding diaryl/α,β-unsaturated/α-hetero) is 2. The number of allylic oxidation sites excluding steroid dienone is 4. The quantitative estimate of drug-likeness (QED) is 0.465. The van der Waals surface area contributed by atoms with Gasteiger partial charge in [0.25, 0.3) is 0 Å². The van der Waals surface area contributed by atoms with E-state index < -0.39 is 40.2 Å². The second-order valence-electron chi connectivity index (χ2n) is 7.38. The summed E-state index contributed by atoms with van der Waals surface area (Å²) in [5.74, 6) is -3.06. The maximum Gasteiger partial charge on any atom is 0.209 e. The molecule has 5 nitrogen and oxygen atoms in total. The van der Waals surface area contributed by atoms with Gasteiger partial charge >= 0.3 is 0 Å². The van der Waals surface area contributed by atoms with Crippen LogP contribution < -0.4 is 0 Å². The predicted molar refractivity (Wildman–Crippen MR) is 102 cm³/mol. The lowest BCUT2D eigenvalue weighted by molar-refractivity contribution is -0.135. The van der Waals surface area contributed by atoms with Gasteiger partial charge < -0.3 is 15.3 Å². The molecule has 0 radical (unpaired) electrons. The molecule has 0 spiro atoms. The molecule has 1 aliphatic carbocycles. The van der Waals surface area contributed by atoms with Crippen LogP contribution in [0.15, 0.2) is 46.0 Å². The first kappa shape index (κ1) is 21.9. The number of hydrogen-bond donors (Lipinski definition) is 3. The zero-order chi connectivity index (χ0) is 20.2. The Bertz CT molecular complexity index is 713. The summed E-state index contributed by atoms with van der Waals surface area (Å²) in [6.07, 6.45) is 3.82. The van der Waals surface area contributed by atoms with Crippen molar-refractivity contribution in [2.75, 3.05) is 0 Å². The summed E-state index contributed by atoms with van der Waals surface area (Å²) in [4.78, 5) is 25.6. The Morgan fingerprint density at radius 1 is 1.12 bits per heavy atom. The Morgan fingerprint density at radius 3 is 2.12 bits per heavy atom. The maximum absolute atomic E-state index is 12.9. The van der Waals surface area contributed by atoms with Crippen LogP contribution in [-0.2, 0) is 9.59 Å². The van der Waals surface area contributed by atoms with Gasteiger partial charge in [-0.1, -0.05) is 37.1 Å². The Kier molecular flexibility index (Phi) is 7.16. The minimum absolute atomic E-state index is 0.0158. The van der Waals surface area contributed by atoms with Gasteiger partial charge in [-0.25, -0.2) is 0 Å². The molecule has 0 bridgehead atoms. The molecular formula is C21H30O5. The fraction of sp³-hybridized carbons (Fsp3) is 0.524. The van der Waals surface area contributed by atoms with Crippen LogP contribution in [-0.4, -0.2) is 32.5 Å².